The molecule has 0 spiro atoms. The summed E-state index contributed by atoms with van der Waals surface area (Å²) in [6, 6.07) is 7.09. The topological polar surface area (TPSA) is 64.3 Å². The van der Waals surface area contributed by atoms with Gasteiger partial charge in [0.15, 0.2) is 0 Å². The van der Waals surface area contributed by atoms with Gasteiger partial charge in [-0.2, -0.15) is 0 Å². The summed E-state index contributed by atoms with van der Waals surface area (Å²) in [5.74, 6) is 0.342. The van der Waals surface area contributed by atoms with Crippen LogP contribution in [0.15, 0.2) is 24.3 Å². The summed E-state index contributed by atoms with van der Waals surface area (Å²) < 4.78 is 5.43. The van der Waals surface area contributed by atoms with E-state index in [1.807, 2.05) is 7.05 Å². The van der Waals surface area contributed by atoms with Crippen molar-refractivity contribution in [2.75, 3.05) is 19.4 Å². The fraction of sp³-hybridized carbons (Fsp3) is 0.562. The molecule has 0 aliphatic heterocycles. The predicted octanol–water partition coefficient (Wildman–Crippen LogP) is 2.59. The van der Waals surface area contributed by atoms with E-state index in [-0.39, 0.29) is 12.0 Å². The fourth-order valence-electron chi connectivity index (χ4n) is 2.86. The molecule has 0 radical (unpaired) electrons. The molecule has 110 valence electrons. The van der Waals surface area contributed by atoms with E-state index in [1.54, 1.807) is 24.3 Å². The summed E-state index contributed by atoms with van der Waals surface area (Å²) in [4.78, 5) is 12.0. The highest BCUT2D eigenvalue weighted by Gasteiger charge is 2.23. The number of carbonyl (C=O) groups is 1. The largest absolute Gasteiger partial charge is 0.460 e. The molecule has 1 aliphatic carbocycles. The van der Waals surface area contributed by atoms with Crippen molar-refractivity contribution in [1.82, 2.24) is 5.32 Å². The summed E-state index contributed by atoms with van der Waals surface area (Å²) in [6.45, 7) is 0.435. The Kier molecular flexibility index (Phi) is 5.41. The van der Waals surface area contributed by atoms with E-state index in [0.29, 0.717) is 23.8 Å². The summed E-state index contributed by atoms with van der Waals surface area (Å²) in [5.41, 5.74) is 6.81. The number of carbonyl (C=O) groups excluding carboxylic acids is 1. The molecule has 0 aromatic heterocycles. The smallest absolute Gasteiger partial charge is 0.338 e. The molecule has 0 heterocycles. The Morgan fingerprint density at radius 1 is 1.30 bits per heavy atom. The maximum Gasteiger partial charge on any atom is 0.338 e. The van der Waals surface area contributed by atoms with Gasteiger partial charge in [-0.05, 0) is 50.1 Å². The van der Waals surface area contributed by atoms with Gasteiger partial charge in [0.25, 0.3) is 0 Å². The maximum absolute atomic E-state index is 12.0. The van der Waals surface area contributed by atoms with Gasteiger partial charge < -0.3 is 15.8 Å². The molecule has 1 aromatic carbocycles. The quantitative estimate of drug-likeness (QED) is 0.641. The number of hydrogen-bond donors (Lipinski definition) is 2. The van der Waals surface area contributed by atoms with E-state index in [0.717, 1.165) is 0 Å². The third-order valence-electron chi connectivity index (χ3n) is 4.13. The fourth-order valence-corrected chi connectivity index (χ4v) is 2.86. The van der Waals surface area contributed by atoms with Crippen LogP contribution in [-0.4, -0.2) is 25.7 Å². The van der Waals surface area contributed by atoms with Crippen molar-refractivity contribution in [3.05, 3.63) is 29.8 Å². The van der Waals surface area contributed by atoms with Gasteiger partial charge in [-0.25, -0.2) is 4.79 Å². The zero-order valence-corrected chi connectivity index (χ0v) is 12.1. The average molecular weight is 276 g/mol. The Hall–Kier alpha value is -1.55. The average Bonchev–Trinajstić information content (AvgIpc) is 2.49. The van der Waals surface area contributed by atoms with Gasteiger partial charge in [0.05, 0.1) is 5.56 Å². The van der Waals surface area contributed by atoms with E-state index in [9.17, 15) is 4.79 Å². The lowest BCUT2D eigenvalue weighted by Gasteiger charge is -2.29. The van der Waals surface area contributed by atoms with Gasteiger partial charge in [0.1, 0.15) is 6.61 Å². The number of benzene rings is 1. The number of rotatable bonds is 5. The number of esters is 1. The Bertz CT molecular complexity index is 425. The molecule has 2 rings (SSSR count). The van der Waals surface area contributed by atoms with Gasteiger partial charge in [0, 0.05) is 11.7 Å². The molecule has 4 heteroatoms. The first-order valence-corrected chi connectivity index (χ1v) is 7.40. The normalized spacial score (nSPS) is 17.6. The standard InChI is InChI=1S/C16H24N2O2/c1-18-15(12-5-3-2-4-6-12)11-20-16(19)13-7-9-14(17)10-8-13/h7-10,12,15,18H,2-6,11,17H2,1H3/t15-/m1/s1. The molecule has 0 saturated heterocycles. The van der Waals surface area contributed by atoms with Crippen LogP contribution in [0.1, 0.15) is 42.5 Å². The van der Waals surface area contributed by atoms with Crippen molar-refractivity contribution in [2.45, 2.75) is 38.1 Å². The Labute approximate surface area is 120 Å². The Balaban J connectivity index is 1.85. The number of hydrogen-bond acceptors (Lipinski definition) is 4. The summed E-state index contributed by atoms with van der Waals surface area (Å²) in [7, 11) is 1.94. The highest BCUT2D eigenvalue weighted by atomic mass is 16.5. The van der Waals surface area contributed by atoms with Crippen LogP contribution in [0.5, 0.6) is 0 Å². The molecule has 3 N–H and O–H groups in total. The first-order chi connectivity index (χ1) is 9.70. The molecule has 0 bridgehead atoms. The van der Waals surface area contributed by atoms with Crippen LogP contribution in [0.4, 0.5) is 5.69 Å². The van der Waals surface area contributed by atoms with Gasteiger partial charge >= 0.3 is 5.97 Å². The lowest BCUT2D eigenvalue weighted by molar-refractivity contribution is 0.0421. The third-order valence-corrected chi connectivity index (χ3v) is 4.13. The van der Waals surface area contributed by atoms with E-state index >= 15 is 0 Å². The molecule has 1 atom stereocenters. The van der Waals surface area contributed by atoms with Crippen LogP contribution >= 0.6 is 0 Å². The number of likely N-dealkylation sites (N-methyl/N-ethyl adjacent to an activating group) is 1. The monoisotopic (exact) mass is 276 g/mol. The highest BCUT2D eigenvalue weighted by Crippen LogP contribution is 2.26. The first-order valence-electron chi connectivity index (χ1n) is 7.40. The highest BCUT2D eigenvalue weighted by molar-refractivity contribution is 5.89. The second kappa shape index (κ2) is 7.29. The minimum absolute atomic E-state index is 0.257. The van der Waals surface area contributed by atoms with Crippen LogP contribution in [-0.2, 0) is 4.74 Å². The minimum Gasteiger partial charge on any atom is -0.460 e. The molecule has 1 aliphatic rings. The van der Waals surface area contributed by atoms with Crippen molar-refractivity contribution in [1.29, 1.82) is 0 Å². The van der Waals surface area contributed by atoms with Gasteiger partial charge in [-0.1, -0.05) is 19.3 Å². The summed E-state index contributed by atoms with van der Waals surface area (Å²) in [6.07, 6.45) is 6.36. The van der Waals surface area contributed by atoms with E-state index in [2.05, 4.69) is 5.32 Å². The van der Waals surface area contributed by atoms with Crippen LogP contribution < -0.4 is 11.1 Å². The van der Waals surface area contributed by atoms with Crippen LogP contribution in [0.3, 0.4) is 0 Å². The van der Waals surface area contributed by atoms with Crippen molar-refractivity contribution in [2.24, 2.45) is 5.92 Å². The molecule has 4 nitrogen and oxygen atoms in total. The molecule has 1 aromatic rings. The van der Waals surface area contributed by atoms with Gasteiger partial charge in [-0.3, -0.25) is 0 Å². The second-order valence-corrected chi connectivity index (χ2v) is 5.51. The third kappa shape index (κ3) is 3.97. The van der Waals surface area contributed by atoms with E-state index < -0.39 is 0 Å². The molecular formula is C16H24N2O2. The summed E-state index contributed by atoms with van der Waals surface area (Å²) in [5, 5.41) is 3.29. The van der Waals surface area contributed by atoms with Crippen LogP contribution in [0.2, 0.25) is 0 Å². The SMILES string of the molecule is CN[C@H](COC(=O)c1ccc(N)cc1)C1CCCCC1. The zero-order chi connectivity index (χ0) is 14.4. The molecule has 20 heavy (non-hydrogen) atoms. The Morgan fingerprint density at radius 3 is 2.55 bits per heavy atom. The molecular weight excluding hydrogens is 252 g/mol. The first kappa shape index (κ1) is 14.9. The number of nitrogens with two attached hydrogens (primary N) is 1. The number of nitrogens with one attached hydrogen (secondary N) is 1. The lowest BCUT2D eigenvalue weighted by Crippen LogP contribution is -2.39. The second-order valence-electron chi connectivity index (χ2n) is 5.51. The summed E-state index contributed by atoms with van der Waals surface area (Å²) >= 11 is 0. The number of anilines is 1. The van der Waals surface area contributed by atoms with Crippen LogP contribution in [0.25, 0.3) is 0 Å². The predicted molar refractivity (Wildman–Crippen MR) is 80.6 cm³/mol. The van der Waals surface area contributed by atoms with Gasteiger partial charge in [0.2, 0.25) is 0 Å². The molecule has 0 amide bonds. The van der Waals surface area contributed by atoms with E-state index in [1.165, 1.54) is 32.1 Å². The lowest BCUT2D eigenvalue weighted by atomic mass is 9.84. The van der Waals surface area contributed by atoms with Crippen molar-refractivity contribution in [3.63, 3.8) is 0 Å². The van der Waals surface area contributed by atoms with Gasteiger partial charge in [-0.15, -0.1) is 0 Å². The van der Waals surface area contributed by atoms with Crippen LogP contribution in [0, 0.1) is 5.92 Å². The Morgan fingerprint density at radius 2 is 1.95 bits per heavy atom. The van der Waals surface area contributed by atoms with Crippen molar-refractivity contribution in [3.8, 4) is 0 Å². The van der Waals surface area contributed by atoms with E-state index in [4.69, 9.17) is 10.5 Å². The molecule has 0 unspecified atom stereocenters. The molecule has 1 fully saturated rings. The van der Waals surface area contributed by atoms with Crippen molar-refractivity contribution >= 4 is 11.7 Å². The molecule has 1 saturated carbocycles. The maximum atomic E-state index is 12.0. The number of nitrogen functional groups attached to an aromatic ring is 1. The zero-order valence-electron chi connectivity index (χ0n) is 12.1. The number of ether oxygens (including phenoxy) is 1. The minimum atomic E-state index is -0.277. The van der Waals surface area contributed by atoms with Crippen molar-refractivity contribution < 1.29 is 9.53 Å².